The first kappa shape index (κ1) is 12.0. The number of hydrogen-bond acceptors (Lipinski definition) is 2. The highest BCUT2D eigenvalue weighted by molar-refractivity contribution is 14.1. The van der Waals surface area contributed by atoms with Gasteiger partial charge in [-0.3, -0.25) is 9.59 Å². The van der Waals surface area contributed by atoms with Crippen molar-refractivity contribution in [2.24, 2.45) is 5.92 Å². The maximum absolute atomic E-state index is 11.4. The SMILES string of the molecule is CC(C(=O)O)C(=O)Nc1cccc(I)c1. The van der Waals surface area contributed by atoms with Gasteiger partial charge in [0.1, 0.15) is 5.92 Å². The molecular weight excluding hydrogens is 309 g/mol. The number of benzene rings is 1. The predicted molar refractivity (Wildman–Crippen MR) is 64.6 cm³/mol. The van der Waals surface area contributed by atoms with Crippen molar-refractivity contribution in [2.75, 3.05) is 5.32 Å². The normalized spacial score (nSPS) is 11.9. The molecule has 0 radical (unpaired) electrons. The third kappa shape index (κ3) is 3.50. The fourth-order valence-corrected chi connectivity index (χ4v) is 1.47. The van der Waals surface area contributed by atoms with Crippen molar-refractivity contribution < 1.29 is 14.7 Å². The monoisotopic (exact) mass is 319 g/mol. The van der Waals surface area contributed by atoms with Gasteiger partial charge < -0.3 is 10.4 Å². The van der Waals surface area contributed by atoms with Crippen molar-refractivity contribution in [3.05, 3.63) is 27.8 Å². The van der Waals surface area contributed by atoms with E-state index in [1.54, 1.807) is 18.2 Å². The largest absolute Gasteiger partial charge is 0.481 e. The van der Waals surface area contributed by atoms with Crippen LogP contribution in [0.15, 0.2) is 24.3 Å². The van der Waals surface area contributed by atoms with Crippen LogP contribution in [0, 0.1) is 9.49 Å². The Bertz CT molecular complexity index is 392. The smallest absolute Gasteiger partial charge is 0.315 e. The number of carbonyl (C=O) groups is 2. The van der Waals surface area contributed by atoms with E-state index in [0.29, 0.717) is 5.69 Å². The zero-order valence-corrected chi connectivity index (χ0v) is 10.2. The molecule has 0 saturated heterocycles. The van der Waals surface area contributed by atoms with E-state index in [9.17, 15) is 9.59 Å². The first-order valence-corrected chi connectivity index (χ1v) is 5.38. The van der Waals surface area contributed by atoms with Crippen molar-refractivity contribution in [1.29, 1.82) is 0 Å². The third-order valence-electron chi connectivity index (χ3n) is 1.86. The standard InChI is InChI=1S/C10H10INO3/c1-6(10(14)15)9(13)12-8-4-2-3-7(11)5-8/h2-6H,1H3,(H,12,13)(H,14,15). The number of amides is 1. The lowest BCUT2D eigenvalue weighted by atomic mass is 10.1. The molecular formula is C10H10INO3. The summed E-state index contributed by atoms with van der Waals surface area (Å²) in [7, 11) is 0. The molecule has 2 N–H and O–H groups in total. The van der Waals surface area contributed by atoms with Crippen molar-refractivity contribution in [2.45, 2.75) is 6.92 Å². The molecule has 15 heavy (non-hydrogen) atoms. The van der Waals surface area contributed by atoms with Gasteiger partial charge in [-0.2, -0.15) is 0 Å². The molecule has 80 valence electrons. The minimum absolute atomic E-state index is 0.510. The topological polar surface area (TPSA) is 66.4 Å². The summed E-state index contributed by atoms with van der Waals surface area (Å²) in [5, 5.41) is 11.2. The molecule has 1 amide bonds. The van der Waals surface area contributed by atoms with Crippen LogP contribution in [-0.4, -0.2) is 17.0 Å². The predicted octanol–water partition coefficient (Wildman–Crippen LogP) is 1.95. The Balaban J connectivity index is 2.70. The molecule has 5 heteroatoms. The number of nitrogens with one attached hydrogen (secondary N) is 1. The van der Waals surface area contributed by atoms with Gasteiger partial charge in [0.05, 0.1) is 0 Å². The van der Waals surface area contributed by atoms with Crippen molar-refractivity contribution >= 4 is 40.2 Å². The van der Waals surface area contributed by atoms with Gasteiger partial charge in [-0.05, 0) is 47.7 Å². The molecule has 0 aliphatic rings. The fraction of sp³-hybridized carbons (Fsp3) is 0.200. The Morgan fingerprint density at radius 2 is 2.13 bits per heavy atom. The number of halogens is 1. The summed E-state index contributed by atoms with van der Waals surface area (Å²) < 4.78 is 0.980. The highest BCUT2D eigenvalue weighted by Gasteiger charge is 2.20. The lowest BCUT2D eigenvalue weighted by Crippen LogP contribution is -2.26. The van der Waals surface area contributed by atoms with E-state index in [-0.39, 0.29) is 0 Å². The van der Waals surface area contributed by atoms with Gasteiger partial charge in [0.25, 0.3) is 0 Å². The number of hydrogen-bond donors (Lipinski definition) is 2. The van der Waals surface area contributed by atoms with E-state index in [1.165, 1.54) is 6.92 Å². The van der Waals surface area contributed by atoms with Crippen LogP contribution in [0.2, 0.25) is 0 Å². The Morgan fingerprint density at radius 3 is 2.67 bits per heavy atom. The van der Waals surface area contributed by atoms with Gasteiger partial charge in [-0.1, -0.05) is 6.07 Å². The first-order valence-electron chi connectivity index (χ1n) is 4.30. The van der Waals surface area contributed by atoms with E-state index in [1.807, 2.05) is 6.07 Å². The van der Waals surface area contributed by atoms with E-state index in [2.05, 4.69) is 27.9 Å². The molecule has 0 heterocycles. The molecule has 0 aromatic heterocycles. The average molecular weight is 319 g/mol. The Hall–Kier alpha value is -1.11. The molecule has 0 spiro atoms. The second kappa shape index (κ2) is 5.11. The average Bonchev–Trinajstić information content (AvgIpc) is 2.16. The number of anilines is 1. The minimum atomic E-state index is -1.13. The third-order valence-corrected chi connectivity index (χ3v) is 2.53. The molecule has 0 bridgehead atoms. The Labute approximate surface area is 101 Å². The zero-order chi connectivity index (χ0) is 11.4. The van der Waals surface area contributed by atoms with Crippen molar-refractivity contribution in [3.63, 3.8) is 0 Å². The van der Waals surface area contributed by atoms with Crippen LogP contribution in [-0.2, 0) is 9.59 Å². The second-order valence-corrected chi connectivity index (χ2v) is 4.31. The van der Waals surface area contributed by atoms with Gasteiger partial charge in [-0.25, -0.2) is 0 Å². The Morgan fingerprint density at radius 1 is 1.47 bits per heavy atom. The number of carbonyl (C=O) groups excluding carboxylic acids is 1. The number of rotatable bonds is 3. The van der Waals surface area contributed by atoms with E-state index in [4.69, 9.17) is 5.11 Å². The summed E-state index contributed by atoms with van der Waals surface area (Å²) in [6.45, 7) is 1.35. The van der Waals surface area contributed by atoms with Crippen LogP contribution in [0.1, 0.15) is 6.92 Å². The maximum Gasteiger partial charge on any atom is 0.315 e. The Kier molecular flexibility index (Phi) is 4.07. The van der Waals surface area contributed by atoms with E-state index < -0.39 is 17.8 Å². The molecule has 0 fully saturated rings. The van der Waals surface area contributed by atoms with Crippen molar-refractivity contribution in [1.82, 2.24) is 0 Å². The molecule has 4 nitrogen and oxygen atoms in total. The molecule has 0 aliphatic heterocycles. The lowest BCUT2D eigenvalue weighted by Gasteiger charge is -2.08. The molecule has 1 aromatic rings. The van der Waals surface area contributed by atoms with Crippen molar-refractivity contribution in [3.8, 4) is 0 Å². The van der Waals surface area contributed by atoms with E-state index >= 15 is 0 Å². The highest BCUT2D eigenvalue weighted by atomic mass is 127. The van der Waals surface area contributed by atoms with Gasteiger partial charge in [0.15, 0.2) is 0 Å². The number of carboxylic acids is 1. The summed E-state index contributed by atoms with van der Waals surface area (Å²) in [6, 6.07) is 7.17. The zero-order valence-electron chi connectivity index (χ0n) is 8.03. The van der Waals surface area contributed by atoms with Gasteiger partial charge in [-0.15, -0.1) is 0 Å². The first-order chi connectivity index (χ1) is 7.00. The number of carboxylic acid groups (broad SMARTS) is 1. The van der Waals surface area contributed by atoms with Gasteiger partial charge in [0.2, 0.25) is 5.91 Å². The summed E-state index contributed by atoms with van der Waals surface area (Å²) >= 11 is 2.12. The minimum Gasteiger partial charge on any atom is -0.481 e. The van der Waals surface area contributed by atoms with Crippen LogP contribution in [0.3, 0.4) is 0 Å². The fourth-order valence-electron chi connectivity index (χ4n) is 0.929. The number of aliphatic carboxylic acids is 1. The summed E-state index contributed by atoms with van der Waals surface area (Å²) in [6.07, 6.45) is 0. The lowest BCUT2D eigenvalue weighted by molar-refractivity contribution is -0.144. The molecule has 0 saturated carbocycles. The van der Waals surface area contributed by atoms with Crippen LogP contribution in [0.5, 0.6) is 0 Å². The molecule has 1 aromatic carbocycles. The molecule has 1 rings (SSSR count). The summed E-state index contributed by atoms with van der Waals surface area (Å²) in [4.78, 5) is 21.9. The molecule has 1 atom stereocenters. The quantitative estimate of drug-likeness (QED) is 0.661. The second-order valence-electron chi connectivity index (χ2n) is 3.06. The molecule has 0 aliphatic carbocycles. The van der Waals surface area contributed by atoms with Crippen LogP contribution in [0.4, 0.5) is 5.69 Å². The van der Waals surface area contributed by atoms with Gasteiger partial charge >= 0.3 is 5.97 Å². The van der Waals surface area contributed by atoms with Crippen LogP contribution in [0.25, 0.3) is 0 Å². The van der Waals surface area contributed by atoms with E-state index in [0.717, 1.165) is 3.57 Å². The van der Waals surface area contributed by atoms with Crippen LogP contribution >= 0.6 is 22.6 Å². The summed E-state index contributed by atoms with van der Waals surface area (Å²) in [5.41, 5.74) is 0.611. The highest BCUT2D eigenvalue weighted by Crippen LogP contribution is 2.13. The summed E-state index contributed by atoms with van der Waals surface area (Å²) in [5.74, 6) is -2.68. The van der Waals surface area contributed by atoms with Gasteiger partial charge in [0, 0.05) is 9.26 Å². The van der Waals surface area contributed by atoms with Crippen LogP contribution < -0.4 is 5.32 Å². The molecule has 1 unspecified atom stereocenters. The maximum atomic E-state index is 11.4.